The number of halogens is 2. The SMILES string of the molecule is O=S1(=O)CC[C@H](NN([C@@H]2CCS(=O)(=O)C2)S(=O)(=O)c2cc(Br)ccc2Br)C1. The van der Waals surface area contributed by atoms with Gasteiger partial charge in [0.05, 0.1) is 33.9 Å². The van der Waals surface area contributed by atoms with E-state index in [4.69, 9.17) is 0 Å². The number of rotatable bonds is 5. The van der Waals surface area contributed by atoms with Crippen molar-refractivity contribution in [1.82, 2.24) is 9.84 Å². The smallest absolute Gasteiger partial charge is 0.237 e. The minimum atomic E-state index is -4.13. The van der Waals surface area contributed by atoms with E-state index in [2.05, 4.69) is 37.3 Å². The van der Waals surface area contributed by atoms with Crippen LogP contribution in [0.15, 0.2) is 32.0 Å². The van der Waals surface area contributed by atoms with Crippen LogP contribution >= 0.6 is 31.9 Å². The summed E-state index contributed by atoms with van der Waals surface area (Å²) in [6.07, 6.45) is 0.424. The van der Waals surface area contributed by atoms with Crippen LogP contribution in [0.4, 0.5) is 0 Å². The molecule has 2 heterocycles. The molecule has 0 aromatic heterocycles. The van der Waals surface area contributed by atoms with Gasteiger partial charge in [0.1, 0.15) is 0 Å². The van der Waals surface area contributed by atoms with Gasteiger partial charge in [-0.15, -0.1) is 4.41 Å². The van der Waals surface area contributed by atoms with Crippen molar-refractivity contribution in [3.05, 3.63) is 27.1 Å². The average Bonchev–Trinajstić information content (AvgIpc) is 3.08. The fraction of sp³-hybridized carbons (Fsp3) is 0.571. The Labute approximate surface area is 175 Å². The second kappa shape index (κ2) is 7.65. The molecule has 1 aromatic carbocycles. The zero-order valence-electron chi connectivity index (χ0n) is 14.0. The summed E-state index contributed by atoms with van der Waals surface area (Å²) < 4.78 is 75.8. The zero-order valence-corrected chi connectivity index (χ0v) is 19.6. The third-order valence-electron chi connectivity index (χ3n) is 4.51. The standard InChI is InChI=1S/C14H18Br2N2O6S3/c15-10-1-2-13(16)14(7-10)27(23,24)18(12-4-6-26(21,22)9-12)17-11-3-5-25(19,20)8-11/h1-2,7,11-12,17H,3-6,8-9H2/t11-,12+/m0/s1. The van der Waals surface area contributed by atoms with E-state index < -0.39 is 41.8 Å². The van der Waals surface area contributed by atoms with E-state index in [9.17, 15) is 25.3 Å². The molecule has 8 nitrogen and oxygen atoms in total. The van der Waals surface area contributed by atoms with Crippen molar-refractivity contribution in [2.45, 2.75) is 29.8 Å². The van der Waals surface area contributed by atoms with Gasteiger partial charge in [0.25, 0.3) is 10.0 Å². The van der Waals surface area contributed by atoms with Crippen LogP contribution in [-0.2, 0) is 29.7 Å². The Hall–Kier alpha value is -0.0500. The Bertz CT molecular complexity index is 1060. The van der Waals surface area contributed by atoms with Gasteiger partial charge >= 0.3 is 0 Å². The highest BCUT2D eigenvalue weighted by Crippen LogP contribution is 2.31. The van der Waals surface area contributed by atoms with Gasteiger partial charge in [-0.05, 0) is 47.0 Å². The molecule has 2 aliphatic rings. The van der Waals surface area contributed by atoms with Crippen LogP contribution in [0.5, 0.6) is 0 Å². The first-order valence-electron chi connectivity index (χ1n) is 8.06. The average molecular weight is 566 g/mol. The zero-order chi connectivity index (χ0) is 20.0. The molecule has 27 heavy (non-hydrogen) atoms. The Morgan fingerprint density at radius 2 is 1.63 bits per heavy atom. The number of sulfone groups is 2. The number of nitrogens with zero attached hydrogens (tertiary/aromatic N) is 1. The Kier molecular flexibility index (Phi) is 6.14. The lowest BCUT2D eigenvalue weighted by atomic mass is 10.2. The quantitative estimate of drug-likeness (QED) is 0.531. The summed E-state index contributed by atoms with van der Waals surface area (Å²) in [5.41, 5.74) is 2.80. The highest BCUT2D eigenvalue weighted by Gasteiger charge is 2.42. The van der Waals surface area contributed by atoms with Crippen LogP contribution in [0.3, 0.4) is 0 Å². The molecule has 2 atom stereocenters. The molecule has 0 bridgehead atoms. The number of hydrazine groups is 1. The summed E-state index contributed by atoms with van der Waals surface area (Å²) in [7, 11) is -10.7. The van der Waals surface area contributed by atoms with Gasteiger partial charge in [0.15, 0.2) is 19.7 Å². The summed E-state index contributed by atoms with van der Waals surface area (Å²) in [5, 5.41) is 0. The molecular weight excluding hydrogens is 548 g/mol. The van der Waals surface area contributed by atoms with Crippen molar-refractivity contribution in [3.8, 4) is 0 Å². The molecule has 2 fully saturated rings. The molecular formula is C14H18Br2N2O6S3. The van der Waals surface area contributed by atoms with Crippen molar-refractivity contribution in [2.75, 3.05) is 23.0 Å². The van der Waals surface area contributed by atoms with E-state index in [1.54, 1.807) is 12.1 Å². The molecule has 13 heteroatoms. The number of nitrogens with one attached hydrogen (secondary N) is 1. The van der Waals surface area contributed by atoms with Crippen molar-refractivity contribution in [3.63, 3.8) is 0 Å². The first-order valence-corrected chi connectivity index (χ1v) is 14.7. The highest BCUT2D eigenvalue weighted by molar-refractivity contribution is 9.11. The van der Waals surface area contributed by atoms with Crippen molar-refractivity contribution < 1.29 is 25.3 Å². The molecule has 0 amide bonds. The number of sulfonamides is 1. The molecule has 1 N–H and O–H groups in total. The molecule has 0 radical (unpaired) electrons. The van der Waals surface area contributed by atoms with Crippen molar-refractivity contribution in [2.24, 2.45) is 0 Å². The monoisotopic (exact) mass is 564 g/mol. The fourth-order valence-electron chi connectivity index (χ4n) is 3.19. The summed E-state index contributed by atoms with van der Waals surface area (Å²) in [6.45, 7) is 0. The number of hydrogen-bond donors (Lipinski definition) is 1. The molecule has 2 aliphatic heterocycles. The lowest BCUT2D eigenvalue weighted by Gasteiger charge is -2.30. The molecule has 1 aromatic rings. The van der Waals surface area contributed by atoms with Gasteiger partial charge in [-0.3, -0.25) is 0 Å². The van der Waals surface area contributed by atoms with E-state index in [0.717, 1.165) is 4.41 Å². The second-order valence-electron chi connectivity index (χ2n) is 6.66. The van der Waals surface area contributed by atoms with Crippen LogP contribution in [-0.4, -0.2) is 64.8 Å². The fourth-order valence-corrected chi connectivity index (χ4v) is 9.68. The van der Waals surface area contributed by atoms with Crippen molar-refractivity contribution >= 4 is 61.6 Å². The molecule has 0 saturated carbocycles. The number of benzene rings is 1. The maximum atomic E-state index is 13.3. The van der Waals surface area contributed by atoms with Crippen LogP contribution in [0.25, 0.3) is 0 Å². The topological polar surface area (TPSA) is 118 Å². The first kappa shape index (κ1) is 21.7. The van der Waals surface area contributed by atoms with Crippen LogP contribution in [0, 0.1) is 0 Å². The summed E-state index contributed by atoms with van der Waals surface area (Å²) in [6, 6.07) is 3.28. The predicted octanol–water partition coefficient (Wildman–Crippen LogP) is 1.08. The van der Waals surface area contributed by atoms with Gasteiger partial charge < -0.3 is 0 Å². The third-order valence-corrected chi connectivity index (χ3v) is 11.3. The van der Waals surface area contributed by atoms with Crippen LogP contribution < -0.4 is 5.43 Å². The summed E-state index contributed by atoms with van der Waals surface area (Å²) in [4.78, 5) is -0.0328. The lowest BCUT2D eigenvalue weighted by Crippen LogP contribution is -2.54. The van der Waals surface area contributed by atoms with Gasteiger partial charge in [0, 0.05) is 15.0 Å². The molecule has 0 aliphatic carbocycles. The predicted molar refractivity (Wildman–Crippen MR) is 108 cm³/mol. The van der Waals surface area contributed by atoms with E-state index >= 15 is 0 Å². The molecule has 3 rings (SSSR count). The van der Waals surface area contributed by atoms with E-state index in [1.165, 1.54) is 6.07 Å². The molecule has 152 valence electrons. The third kappa shape index (κ3) is 4.93. The van der Waals surface area contributed by atoms with Crippen molar-refractivity contribution in [1.29, 1.82) is 0 Å². The largest absolute Gasteiger partial charge is 0.257 e. The second-order valence-corrected chi connectivity index (χ2v) is 14.7. The maximum absolute atomic E-state index is 13.3. The first-order chi connectivity index (χ1) is 12.4. The summed E-state index contributed by atoms with van der Waals surface area (Å²) in [5.74, 6) is -0.613. The Balaban J connectivity index is 1.99. The minimum Gasteiger partial charge on any atom is -0.237 e. The molecule has 0 spiro atoms. The summed E-state index contributed by atoms with van der Waals surface area (Å²) >= 11 is 6.47. The normalized spacial score (nSPS) is 27.2. The molecule has 2 saturated heterocycles. The van der Waals surface area contributed by atoms with Gasteiger partial charge in [0.2, 0.25) is 0 Å². The van der Waals surface area contributed by atoms with Crippen LogP contribution in [0.2, 0.25) is 0 Å². The lowest BCUT2D eigenvalue weighted by molar-refractivity contribution is 0.229. The van der Waals surface area contributed by atoms with E-state index in [1.807, 2.05) is 0 Å². The number of hydrogen-bond acceptors (Lipinski definition) is 7. The highest BCUT2D eigenvalue weighted by atomic mass is 79.9. The molecule has 0 unspecified atom stereocenters. The van der Waals surface area contributed by atoms with Gasteiger partial charge in [-0.25, -0.2) is 30.7 Å². The van der Waals surface area contributed by atoms with E-state index in [-0.39, 0.29) is 40.7 Å². The maximum Gasteiger partial charge on any atom is 0.257 e. The Morgan fingerprint density at radius 1 is 1.00 bits per heavy atom. The Morgan fingerprint density at radius 3 is 2.19 bits per heavy atom. The van der Waals surface area contributed by atoms with Gasteiger partial charge in [-0.2, -0.15) is 0 Å². The van der Waals surface area contributed by atoms with E-state index in [0.29, 0.717) is 8.95 Å². The van der Waals surface area contributed by atoms with Crippen LogP contribution in [0.1, 0.15) is 12.8 Å². The van der Waals surface area contributed by atoms with Gasteiger partial charge in [-0.1, -0.05) is 15.9 Å². The minimum absolute atomic E-state index is 0.0257.